The van der Waals surface area contributed by atoms with Gasteiger partial charge in [0.25, 0.3) is 0 Å². The lowest BCUT2D eigenvalue weighted by molar-refractivity contribution is -0.0470. The van der Waals surface area contributed by atoms with E-state index in [1.807, 2.05) is 0 Å². The van der Waals surface area contributed by atoms with Crippen molar-refractivity contribution in [2.75, 3.05) is 12.3 Å². The van der Waals surface area contributed by atoms with Crippen molar-refractivity contribution in [1.82, 2.24) is 9.55 Å². The second-order valence-corrected chi connectivity index (χ2v) is 5.43. The number of aliphatic hydroxyl groups excluding tert-OH is 2. The summed E-state index contributed by atoms with van der Waals surface area (Å²) in [5.41, 5.74) is 5.21. The molecule has 21 heavy (non-hydrogen) atoms. The number of halogens is 2. The van der Waals surface area contributed by atoms with Gasteiger partial charge in [-0.25, -0.2) is 4.79 Å². The van der Waals surface area contributed by atoms with Crippen molar-refractivity contribution in [1.29, 1.82) is 0 Å². The smallest absolute Gasteiger partial charge is 0.351 e. The molecule has 1 aliphatic heterocycles. The number of aryl methyl sites for hydroxylation is 1. The van der Waals surface area contributed by atoms with Crippen LogP contribution in [0.15, 0.2) is 10.9 Å². The predicted molar refractivity (Wildman–Crippen MR) is 76.9 cm³/mol. The number of hydrogen-bond donors (Lipinski definition) is 3. The summed E-state index contributed by atoms with van der Waals surface area (Å²) in [4.78, 5) is 14.0. The number of alkyl halides is 1. The van der Waals surface area contributed by atoms with Gasteiger partial charge in [-0.3, -0.25) is 4.57 Å². The van der Waals surface area contributed by atoms with Crippen LogP contribution in [0, 0.1) is 18.2 Å². The predicted octanol–water partition coefficient (Wildman–Crippen LogP) is -0.438. The van der Waals surface area contributed by atoms with Crippen LogP contribution in [-0.2, 0) is 4.74 Å². The second-order valence-electron chi connectivity index (χ2n) is 4.62. The molecule has 1 aliphatic rings. The van der Waals surface area contributed by atoms with Gasteiger partial charge in [-0.1, -0.05) is 17.5 Å². The van der Waals surface area contributed by atoms with Crippen molar-refractivity contribution >= 4 is 29.0 Å². The molecule has 0 radical (unpaired) electrons. The van der Waals surface area contributed by atoms with E-state index in [1.54, 1.807) is 6.92 Å². The van der Waals surface area contributed by atoms with Gasteiger partial charge in [-0.05, 0) is 24.6 Å². The minimum Gasteiger partial charge on any atom is -0.394 e. The van der Waals surface area contributed by atoms with Gasteiger partial charge in [0, 0.05) is 11.1 Å². The van der Waals surface area contributed by atoms with Crippen molar-refractivity contribution in [3.63, 3.8) is 0 Å². The van der Waals surface area contributed by atoms with Crippen LogP contribution in [0.3, 0.4) is 0 Å². The zero-order valence-electron chi connectivity index (χ0n) is 11.0. The Kier molecular flexibility index (Phi) is 4.46. The average molecular weight is 334 g/mol. The summed E-state index contributed by atoms with van der Waals surface area (Å²) in [7, 11) is 0. The molecule has 9 heteroatoms. The molecule has 114 valence electrons. The lowest BCUT2D eigenvalue weighted by atomic mass is 9.99. The van der Waals surface area contributed by atoms with Crippen LogP contribution < -0.4 is 11.4 Å². The summed E-state index contributed by atoms with van der Waals surface area (Å²) in [5, 5.41) is 21.5. The largest absolute Gasteiger partial charge is 0.394 e. The zero-order chi connectivity index (χ0) is 15.8. The van der Waals surface area contributed by atoms with E-state index in [-0.39, 0.29) is 5.82 Å². The highest BCUT2D eigenvalue weighted by atomic mass is 35.5. The lowest BCUT2D eigenvalue weighted by Gasteiger charge is -2.26. The molecule has 1 unspecified atom stereocenters. The Bertz CT molecular complexity index is 669. The number of nitrogens with two attached hydrogens (primary N) is 1. The number of nitrogens with zero attached hydrogens (tertiary/aromatic N) is 2. The first kappa shape index (κ1) is 16.1. The molecule has 2 heterocycles. The second kappa shape index (κ2) is 5.83. The molecule has 0 amide bonds. The summed E-state index contributed by atoms with van der Waals surface area (Å²) < 4.78 is 6.58. The molecule has 0 bridgehead atoms. The third kappa shape index (κ3) is 2.61. The van der Waals surface area contributed by atoms with E-state index in [1.165, 1.54) is 6.07 Å². The Labute approximate surface area is 130 Å². The molecule has 1 fully saturated rings. The van der Waals surface area contributed by atoms with Crippen LogP contribution in [0.25, 0.3) is 0 Å². The fourth-order valence-corrected chi connectivity index (χ4v) is 2.81. The van der Waals surface area contributed by atoms with Crippen molar-refractivity contribution < 1.29 is 14.9 Å². The number of anilines is 1. The molecular weight excluding hydrogens is 321 g/mol. The Hall–Kier alpha value is -1.30. The van der Waals surface area contributed by atoms with Gasteiger partial charge in [-0.15, -0.1) is 0 Å². The van der Waals surface area contributed by atoms with Gasteiger partial charge in [0.2, 0.25) is 0 Å². The maximum atomic E-state index is 12.0. The molecule has 2 rings (SSSR count). The summed E-state index contributed by atoms with van der Waals surface area (Å²) in [5.74, 6) is 2.48. The first-order valence-corrected chi connectivity index (χ1v) is 6.72. The fraction of sp³-hybridized carbons (Fsp3) is 0.500. The minimum absolute atomic E-state index is 0.0506. The van der Waals surface area contributed by atoms with E-state index >= 15 is 0 Å². The summed E-state index contributed by atoms with van der Waals surface area (Å²) in [6.07, 6.45) is -3.52. The first-order chi connectivity index (χ1) is 9.85. The van der Waals surface area contributed by atoms with Crippen LogP contribution in [0.4, 0.5) is 5.82 Å². The number of rotatable bonds is 2. The Morgan fingerprint density at radius 3 is 2.86 bits per heavy atom. The van der Waals surface area contributed by atoms with E-state index in [4.69, 9.17) is 33.7 Å². The lowest BCUT2D eigenvalue weighted by Crippen LogP contribution is -2.44. The van der Waals surface area contributed by atoms with E-state index in [0.717, 1.165) is 4.57 Å². The van der Waals surface area contributed by atoms with Crippen LogP contribution in [-0.4, -0.2) is 43.5 Å². The van der Waals surface area contributed by atoms with Crippen LogP contribution in [0.5, 0.6) is 0 Å². The molecular formula is C12H13Cl2N3O4. The molecule has 7 nitrogen and oxygen atoms in total. The molecule has 0 aliphatic carbocycles. The Morgan fingerprint density at radius 1 is 1.67 bits per heavy atom. The van der Waals surface area contributed by atoms with Gasteiger partial charge < -0.3 is 20.7 Å². The molecule has 1 aromatic heterocycles. The highest BCUT2D eigenvalue weighted by Crippen LogP contribution is 2.43. The van der Waals surface area contributed by atoms with Crippen LogP contribution >= 0.6 is 23.2 Å². The monoisotopic (exact) mass is 333 g/mol. The molecule has 4 atom stereocenters. The van der Waals surface area contributed by atoms with Gasteiger partial charge >= 0.3 is 5.69 Å². The number of nitrogen functional groups attached to an aromatic ring is 1. The topological polar surface area (TPSA) is 111 Å². The molecule has 1 saturated heterocycles. The third-order valence-electron chi connectivity index (χ3n) is 3.27. The van der Waals surface area contributed by atoms with Crippen molar-refractivity contribution in [3.05, 3.63) is 22.2 Å². The Balaban J connectivity index is 2.61. The van der Waals surface area contributed by atoms with Crippen molar-refractivity contribution in [2.45, 2.75) is 30.2 Å². The summed E-state index contributed by atoms with van der Waals surface area (Å²) in [6, 6.07) is 1.45. The molecule has 0 spiro atoms. The van der Waals surface area contributed by atoms with E-state index in [9.17, 15) is 15.0 Å². The van der Waals surface area contributed by atoms with Crippen LogP contribution in [0.2, 0.25) is 0 Å². The molecule has 1 aromatic rings. The first-order valence-electron chi connectivity index (χ1n) is 5.97. The summed E-state index contributed by atoms with van der Waals surface area (Å²) >= 11 is 11.7. The van der Waals surface area contributed by atoms with Crippen molar-refractivity contribution in [3.8, 4) is 11.3 Å². The molecule has 4 N–H and O–H groups in total. The molecule has 0 aromatic carbocycles. The van der Waals surface area contributed by atoms with E-state index < -0.39 is 35.6 Å². The quantitative estimate of drug-likeness (QED) is 0.500. The van der Waals surface area contributed by atoms with Crippen molar-refractivity contribution in [2.24, 2.45) is 0 Å². The average Bonchev–Trinajstić information content (AvgIpc) is 2.63. The standard InChI is InChI=1S/C12H13Cl2N3O4/c1-6-4-8(15)16-11(20)17(6)10-12(14,2-3-13)9(19)7(5-18)21-10/h4,7,9-10,18-19H,5H2,1H3,(H2,15,16,20)/t7-,9+,10-,12?/m1/s1. The SMILES string of the molecule is Cc1cc(N)nc(=O)n1[C@@H]1O[C@H](CO)[C@H](O)C1(Cl)C#CCl. The highest BCUT2D eigenvalue weighted by molar-refractivity contribution is 6.32. The number of ether oxygens (including phenoxy) is 1. The third-order valence-corrected chi connectivity index (χ3v) is 3.87. The number of hydrogen-bond acceptors (Lipinski definition) is 6. The van der Waals surface area contributed by atoms with E-state index in [2.05, 4.69) is 16.3 Å². The van der Waals surface area contributed by atoms with Gasteiger partial charge in [0.1, 0.15) is 18.0 Å². The molecule has 0 saturated carbocycles. The fourth-order valence-electron chi connectivity index (χ4n) is 2.27. The maximum absolute atomic E-state index is 12.0. The maximum Gasteiger partial charge on any atom is 0.351 e. The normalized spacial score (nSPS) is 31.8. The van der Waals surface area contributed by atoms with Gasteiger partial charge in [-0.2, -0.15) is 4.98 Å². The Morgan fingerprint density at radius 2 is 2.33 bits per heavy atom. The number of aromatic nitrogens is 2. The highest BCUT2D eigenvalue weighted by Gasteiger charge is 2.56. The zero-order valence-corrected chi connectivity index (χ0v) is 12.5. The number of aliphatic hydroxyl groups is 2. The minimum atomic E-state index is -1.69. The van der Waals surface area contributed by atoms with Gasteiger partial charge in [0.05, 0.1) is 6.61 Å². The summed E-state index contributed by atoms with van der Waals surface area (Å²) in [6.45, 7) is 1.11. The van der Waals surface area contributed by atoms with E-state index in [0.29, 0.717) is 5.69 Å². The van der Waals surface area contributed by atoms with Gasteiger partial charge in [0.15, 0.2) is 11.1 Å². The van der Waals surface area contributed by atoms with Crippen LogP contribution in [0.1, 0.15) is 11.9 Å².